The Balaban J connectivity index is 2.64. The molecule has 14 atom stereocenters. The number of aliphatic hydroxyl groups is 5. The molecule has 2 amide bonds. The highest BCUT2D eigenvalue weighted by molar-refractivity contribution is 7.46. The van der Waals surface area contributed by atoms with Gasteiger partial charge in [0.15, 0.2) is 24.8 Å². The van der Waals surface area contributed by atoms with Crippen molar-refractivity contribution in [1.82, 2.24) is 10.6 Å². The average Bonchev–Trinajstić information content (AvgIpc) is 0.778. The van der Waals surface area contributed by atoms with Crippen LogP contribution in [0.1, 0.15) is 504 Å². The van der Waals surface area contributed by atoms with Crippen LogP contribution in [0.15, 0.2) is 0 Å². The van der Waals surface area contributed by atoms with Gasteiger partial charge in [0.25, 0.3) is 0 Å². The van der Waals surface area contributed by atoms with E-state index in [4.69, 9.17) is 37.7 Å². The van der Waals surface area contributed by atoms with Crippen LogP contribution >= 0.6 is 7.82 Å². The highest BCUT2D eigenvalue weighted by atomic mass is 31.2. The zero-order valence-electron chi connectivity index (χ0n) is 80.1. The zero-order chi connectivity index (χ0) is 91.4. The molecule has 125 heavy (non-hydrogen) atoms. The van der Waals surface area contributed by atoms with Crippen LogP contribution in [0.25, 0.3) is 0 Å². The first-order valence-corrected chi connectivity index (χ1v) is 53.5. The molecule has 0 aromatic rings. The molecule has 2 rings (SSSR count). The maximum absolute atomic E-state index is 14.8. The Morgan fingerprint density at radius 3 is 0.984 bits per heavy atom. The van der Waals surface area contributed by atoms with Crippen LogP contribution in [0.5, 0.6) is 0 Å². The van der Waals surface area contributed by atoms with Gasteiger partial charge in [-0.3, -0.25) is 33.3 Å². The van der Waals surface area contributed by atoms with Crippen molar-refractivity contribution in [1.29, 1.82) is 0 Å². The highest BCUT2D eigenvalue weighted by Crippen LogP contribution is 2.43. The lowest BCUT2D eigenvalue weighted by molar-refractivity contribution is -0.298. The number of nitrogens with one attached hydrogen (secondary N) is 2. The lowest BCUT2D eigenvalue weighted by Crippen LogP contribution is -2.68. The summed E-state index contributed by atoms with van der Waals surface area (Å²) in [5, 5.41) is 64.0. The summed E-state index contributed by atoms with van der Waals surface area (Å²) in [5.41, 5.74) is 0. The molecule has 0 aromatic heterocycles. The average molecular weight is 1800 g/mol. The normalized spacial score (nSPS) is 20.1. The number of unbranched alkanes of at least 4 members (excludes halogenated alkanes) is 56. The van der Waals surface area contributed by atoms with E-state index in [1.165, 1.54) is 154 Å². The van der Waals surface area contributed by atoms with E-state index >= 15 is 0 Å². The predicted molar refractivity (Wildman–Crippen MR) is 497 cm³/mol. The van der Waals surface area contributed by atoms with Crippen LogP contribution in [-0.2, 0) is 71.0 Å². The van der Waals surface area contributed by atoms with Gasteiger partial charge in [0.2, 0.25) is 11.8 Å². The van der Waals surface area contributed by atoms with Crippen molar-refractivity contribution in [3.63, 3.8) is 0 Å². The lowest BCUT2D eigenvalue weighted by atomic mass is 9.95. The Morgan fingerprint density at radius 1 is 0.336 bits per heavy atom. The third-order valence-corrected chi connectivity index (χ3v) is 25.6. The van der Waals surface area contributed by atoms with E-state index in [0.717, 1.165) is 205 Å². The van der Waals surface area contributed by atoms with E-state index in [0.29, 0.717) is 44.9 Å². The number of esters is 4. The molecule has 2 fully saturated rings. The molecule has 2 aliphatic heterocycles. The van der Waals surface area contributed by atoms with E-state index in [-0.39, 0.29) is 38.5 Å². The van der Waals surface area contributed by atoms with Gasteiger partial charge in [-0.05, 0) is 51.4 Å². The quantitative estimate of drug-likeness (QED) is 0.0118. The van der Waals surface area contributed by atoms with E-state index in [1.807, 2.05) is 0 Å². The van der Waals surface area contributed by atoms with Crippen molar-refractivity contribution in [3.05, 3.63) is 0 Å². The summed E-state index contributed by atoms with van der Waals surface area (Å²) in [6.45, 7) is 11.3. The van der Waals surface area contributed by atoms with Gasteiger partial charge >= 0.3 is 31.7 Å². The lowest BCUT2D eigenvalue weighted by Gasteiger charge is -2.46. The van der Waals surface area contributed by atoms with Crippen molar-refractivity contribution in [3.8, 4) is 0 Å². The predicted octanol–water partition coefficient (Wildman–Crippen LogP) is 22.8. The second kappa shape index (κ2) is 80.3. The number of phosphoric ester groups is 1. The molecule has 10 unspecified atom stereocenters. The fraction of sp³-hybridized carbons (Fsp3) is 0.940. The number of hydrogen-bond acceptors (Lipinski definition) is 20. The summed E-state index contributed by atoms with van der Waals surface area (Å²) in [7, 11) is -5.59. The fourth-order valence-corrected chi connectivity index (χ4v) is 18.0. The second-order valence-corrected chi connectivity index (χ2v) is 38.3. The first kappa shape index (κ1) is 118. The van der Waals surface area contributed by atoms with Gasteiger partial charge in [0.1, 0.15) is 48.7 Å². The number of ether oxygens (including phenoxy) is 7. The smallest absolute Gasteiger partial charge is 0.462 e. The first-order valence-electron chi connectivity index (χ1n) is 52.0. The van der Waals surface area contributed by atoms with Crippen LogP contribution in [-0.4, -0.2) is 170 Å². The van der Waals surface area contributed by atoms with Crippen molar-refractivity contribution >= 4 is 43.5 Å². The largest absolute Gasteiger partial charge is 0.470 e. The summed E-state index contributed by atoms with van der Waals surface area (Å²) in [4.78, 5) is 107. The molecule has 0 aliphatic carbocycles. The van der Waals surface area contributed by atoms with Gasteiger partial charge in [-0.15, -0.1) is 0 Å². The third kappa shape index (κ3) is 64.2. The van der Waals surface area contributed by atoms with Crippen LogP contribution < -0.4 is 10.6 Å². The molecule has 0 saturated carbocycles. The fourth-order valence-electron chi connectivity index (χ4n) is 17.4. The minimum Gasteiger partial charge on any atom is -0.462 e. The van der Waals surface area contributed by atoms with Gasteiger partial charge in [0.05, 0.1) is 51.1 Å². The second-order valence-electron chi connectivity index (χ2n) is 37.1. The maximum Gasteiger partial charge on any atom is 0.470 e. The topological polar surface area (TPSA) is 359 Å². The Morgan fingerprint density at radius 2 is 0.632 bits per heavy atom. The summed E-state index contributed by atoms with van der Waals surface area (Å²) in [5.74, 6) is -4.49. The van der Waals surface area contributed by atoms with Crippen molar-refractivity contribution in [2.75, 3.05) is 13.2 Å². The van der Waals surface area contributed by atoms with Crippen LogP contribution in [0, 0.1) is 0 Å². The standard InChI is InChI=1S/C100H189N2O22P/c1-7-13-19-25-31-37-39-41-43-49-55-61-67-73-89(108)118-83(71-65-59-53-47-35-29-23-17-11-5)77-88(107)101-93-97(122-91(110)76-82(105)70-64-58-52-46-34-28-22-16-10-4)95(112)86(120-99(93)113)80-117-100-94(102-87(106)75-81(104)69-63-57-51-45-33-27-21-15-9-3)98(96(85(79-103)121-100)124-125(114,115)116)123-92(111)78-84(72-66-60-54-48-36-30-24-18-12-6)119-90(109)74-68-62-56-50-44-42-40-38-32-26-20-14-8-2/h81-86,93-100,103-105,112-113H,7-80H2,1-6H3,(H,101,107)(H,102,106)(H2,114,115,116)/t81?,82?,83?,84?,85?,86?,93-,94-,95+,96?,97?,98?,99?,100+/m0/s1. The molecule has 0 spiro atoms. The number of aliphatic hydroxyl groups excluding tert-OH is 5. The van der Waals surface area contributed by atoms with Crippen molar-refractivity contribution in [2.24, 2.45) is 0 Å². The van der Waals surface area contributed by atoms with Gasteiger partial charge in [-0.1, -0.05) is 414 Å². The first-order chi connectivity index (χ1) is 60.6. The van der Waals surface area contributed by atoms with Crippen molar-refractivity contribution < 1.29 is 106 Å². The molecule has 9 N–H and O–H groups in total. The van der Waals surface area contributed by atoms with Crippen LogP contribution in [0.4, 0.5) is 0 Å². The number of carbonyl (C=O) groups excluding carboxylic acids is 6. The zero-order valence-corrected chi connectivity index (χ0v) is 81.0. The number of amides is 2. The van der Waals surface area contributed by atoms with Gasteiger partial charge in [-0.2, -0.15) is 0 Å². The number of phosphoric acid groups is 1. The Hall–Kier alpha value is -3.39. The van der Waals surface area contributed by atoms with Crippen molar-refractivity contribution in [2.45, 2.75) is 590 Å². The van der Waals surface area contributed by atoms with E-state index in [2.05, 4.69) is 52.2 Å². The van der Waals surface area contributed by atoms with Crippen LogP contribution in [0.3, 0.4) is 0 Å². The number of rotatable bonds is 88. The molecule has 0 bridgehead atoms. The number of carbonyl (C=O) groups is 6. The molecule has 2 aliphatic rings. The third-order valence-electron chi connectivity index (χ3n) is 25.1. The number of hydrogen-bond donors (Lipinski definition) is 9. The SMILES string of the molecule is CCCCCCCCCCCCCCCC(=O)OC(CCCCCCCCCCC)CC(=O)N[C@@H]1C(O)OC(CO[C@@H]2OC(CO)C(OP(=O)(O)O)C(OC(=O)CC(CCCCCCCCCCC)OC(=O)CCCCCCCCCCCCCCC)[C@@H]2NC(=O)CC(O)CCCCCCCCCCC)[C@@H](O)C1OC(=O)CC(O)CCCCCCCCCCC. The van der Waals surface area contributed by atoms with E-state index in [1.54, 1.807) is 0 Å². The minimum atomic E-state index is -5.59. The van der Waals surface area contributed by atoms with Gasteiger partial charge in [-0.25, -0.2) is 4.57 Å². The summed E-state index contributed by atoms with van der Waals surface area (Å²) in [6, 6.07) is -3.47. The Labute approximate surface area is 759 Å². The Bertz CT molecular complexity index is 2620. The molecule has 24 nitrogen and oxygen atoms in total. The van der Waals surface area contributed by atoms with Gasteiger partial charge < -0.3 is 79.1 Å². The summed E-state index contributed by atoms with van der Waals surface area (Å²) in [6.07, 6.45) is 46.5. The summed E-state index contributed by atoms with van der Waals surface area (Å²) < 4.78 is 61.6. The summed E-state index contributed by atoms with van der Waals surface area (Å²) >= 11 is 0. The molecule has 736 valence electrons. The van der Waals surface area contributed by atoms with Gasteiger partial charge in [0, 0.05) is 12.8 Å². The van der Waals surface area contributed by atoms with E-state index in [9.17, 15) is 68.7 Å². The monoisotopic (exact) mass is 1800 g/mol. The maximum atomic E-state index is 14.8. The Kier molecular flexibility index (Phi) is 75.6. The molecular formula is C100H189N2O22P. The molecule has 0 aromatic carbocycles. The van der Waals surface area contributed by atoms with E-state index < -0.39 is 162 Å². The van der Waals surface area contributed by atoms with Crippen LogP contribution in [0.2, 0.25) is 0 Å². The molecule has 2 heterocycles. The molecule has 25 heteroatoms. The molecule has 0 radical (unpaired) electrons. The highest BCUT2D eigenvalue weighted by Gasteiger charge is 2.54. The molecular weight excluding hydrogens is 1610 g/mol. The molecule has 2 saturated heterocycles. The minimum absolute atomic E-state index is 0.116.